The number of aromatic hydroxyl groups is 2. The predicted molar refractivity (Wildman–Crippen MR) is 153 cm³/mol. The molecular formula is C32H44F2N2O6S. The van der Waals surface area contributed by atoms with Gasteiger partial charge in [-0.05, 0) is 149 Å². The Morgan fingerprint density at radius 3 is 1.47 bits per heavy atom. The lowest BCUT2D eigenvalue weighted by Gasteiger charge is -2.60. The summed E-state index contributed by atoms with van der Waals surface area (Å²) in [6.45, 7) is 0.326. The summed E-state index contributed by atoms with van der Waals surface area (Å²) in [5, 5.41) is 16.3. The minimum atomic E-state index is -5.92. The first kappa shape index (κ1) is 28.4. The van der Waals surface area contributed by atoms with Crippen molar-refractivity contribution in [2.45, 2.75) is 108 Å². The molecule has 1 heterocycles. The zero-order valence-corrected chi connectivity index (χ0v) is 25.6. The number of hydrogen-bond acceptors (Lipinski definition) is 6. The number of halogens is 2. The van der Waals surface area contributed by atoms with Crippen molar-refractivity contribution in [2.75, 3.05) is 13.1 Å². The van der Waals surface area contributed by atoms with E-state index in [4.69, 9.17) is 4.28 Å². The van der Waals surface area contributed by atoms with E-state index in [0.717, 1.165) is 38.5 Å². The van der Waals surface area contributed by atoms with Crippen molar-refractivity contribution in [3.05, 3.63) is 11.1 Å². The first-order chi connectivity index (χ1) is 20.3. The second-order valence-electron chi connectivity index (χ2n) is 16.1. The van der Waals surface area contributed by atoms with Crippen LogP contribution in [0, 0.1) is 46.3 Å². The van der Waals surface area contributed by atoms with Crippen molar-refractivity contribution in [3.8, 4) is 11.8 Å². The highest BCUT2D eigenvalue weighted by molar-refractivity contribution is 7.88. The smallest absolute Gasteiger partial charge is 0.459 e. The maximum absolute atomic E-state index is 16.1. The summed E-state index contributed by atoms with van der Waals surface area (Å²) in [6, 6.07) is 0. The standard InChI is InChI=1S/C32H44F2N2O6S/c33-32(34,43(40,41)42-36-27(37)25-3-1-2-4-26(25)28(36)38)29(39)35(17-30-11-19-5-20(12-30)7-21(6-19)13-30)18-31-14-22-8-23(15-31)10-24(9-22)16-31/h19-24,37-38H,1-18H2. The highest BCUT2D eigenvalue weighted by Gasteiger charge is 2.61. The lowest BCUT2D eigenvalue weighted by molar-refractivity contribution is -0.160. The summed E-state index contributed by atoms with van der Waals surface area (Å²) < 4.78 is 63.6. The zero-order valence-electron chi connectivity index (χ0n) is 24.8. The van der Waals surface area contributed by atoms with Gasteiger partial charge in [-0.25, -0.2) is 0 Å². The van der Waals surface area contributed by atoms with Crippen LogP contribution in [0.1, 0.15) is 101 Å². The molecule has 0 atom stereocenters. The average molecular weight is 623 g/mol. The minimum Gasteiger partial charge on any atom is -0.492 e. The van der Waals surface area contributed by atoms with E-state index in [1.54, 1.807) is 0 Å². The number of rotatable bonds is 8. The fourth-order valence-electron chi connectivity index (χ4n) is 12.2. The van der Waals surface area contributed by atoms with Crippen molar-refractivity contribution < 1.29 is 36.5 Å². The number of amides is 1. The van der Waals surface area contributed by atoms with Gasteiger partial charge in [-0.1, -0.05) is 4.73 Å². The Balaban J connectivity index is 1.11. The van der Waals surface area contributed by atoms with E-state index in [0.29, 0.717) is 72.3 Å². The molecule has 10 rings (SSSR count). The van der Waals surface area contributed by atoms with Crippen LogP contribution < -0.4 is 4.28 Å². The Morgan fingerprint density at radius 2 is 1.12 bits per heavy atom. The highest BCUT2D eigenvalue weighted by Crippen LogP contribution is 2.62. The van der Waals surface area contributed by atoms with Gasteiger partial charge in [0.2, 0.25) is 11.8 Å². The van der Waals surface area contributed by atoms with Gasteiger partial charge in [0.1, 0.15) is 0 Å². The predicted octanol–water partition coefficient (Wildman–Crippen LogP) is 5.39. The van der Waals surface area contributed by atoms with E-state index in [9.17, 15) is 23.4 Å². The molecule has 2 N–H and O–H groups in total. The maximum Gasteiger partial charge on any atom is 0.459 e. The Morgan fingerprint density at radius 1 is 0.767 bits per heavy atom. The van der Waals surface area contributed by atoms with Gasteiger partial charge in [0.25, 0.3) is 0 Å². The number of aromatic nitrogens is 1. The molecule has 0 unspecified atom stereocenters. The maximum atomic E-state index is 16.1. The van der Waals surface area contributed by atoms with Crippen molar-refractivity contribution in [1.82, 2.24) is 9.63 Å². The molecule has 1 aromatic rings. The molecule has 1 amide bonds. The van der Waals surface area contributed by atoms with E-state index in [2.05, 4.69) is 0 Å². The summed E-state index contributed by atoms with van der Waals surface area (Å²) in [6.07, 6.45) is 14.7. The lowest BCUT2D eigenvalue weighted by Crippen LogP contribution is -2.60. The number of carbonyl (C=O) groups is 1. The third-order valence-corrected chi connectivity index (χ3v) is 13.9. The van der Waals surface area contributed by atoms with Gasteiger partial charge in [-0.15, -0.1) is 0 Å². The largest absolute Gasteiger partial charge is 0.492 e. The van der Waals surface area contributed by atoms with Crippen LogP contribution in [0.5, 0.6) is 11.8 Å². The molecule has 0 radical (unpaired) electrons. The SMILES string of the molecule is O=C(N(CC12CC3CC(CC(C3)C1)C2)CC12CC3CC(CC(C3)C1)C2)C(F)(F)S(=O)(=O)On1c(O)c2c(c1O)CCCC2. The number of alkyl halides is 2. The van der Waals surface area contributed by atoms with Gasteiger partial charge in [-0.3, -0.25) is 9.08 Å². The first-order valence-electron chi connectivity index (χ1n) is 16.6. The third kappa shape index (κ3) is 4.51. The molecule has 0 aliphatic heterocycles. The van der Waals surface area contributed by atoms with E-state index < -0.39 is 33.0 Å². The summed E-state index contributed by atoms with van der Waals surface area (Å²) in [7, 11) is -5.92. The third-order valence-electron chi connectivity index (χ3n) is 12.8. The summed E-state index contributed by atoms with van der Waals surface area (Å²) >= 11 is 0. The molecule has 8 nitrogen and oxygen atoms in total. The molecule has 0 spiro atoms. The topological polar surface area (TPSA) is 109 Å². The van der Waals surface area contributed by atoms with Crippen molar-refractivity contribution in [3.63, 3.8) is 0 Å². The fourth-order valence-corrected chi connectivity index (χ4v) is 13.0. The van der Waals surface area contributed by atoms with Gasteiger partial charge < -0.3 is 15.1 Å². The monoisotopic (exact) mass is 622 g/mol. The van der Waals surface area contributed by atoms with Crippen LogP contribution in [0.4, 0.5) is 8.78 Å². The molecule has 8 fully saturated rings. The second-order valence-corrected chi connectivity index (χ2v) is 17.7. The number of nitrogens with zero attached hydrogens (tertiary/aromatic N) is 2. The van der Waals surface area contributed by atoms with Crippen LogP contribution in [0.2, 0.25) is 0 Å². The van der Waals surface area contributed by atoms with Gasteiger partial charge >= 0.3 is 21.3 Å². The van der Waals surface area contributed by atoms with E-state index >= 15 is 8.78 Å². The Labute approximate surface area is 252 Å². The lowest BCUT2D eigenvalue weighted by atomic mass is 9.48. The fraction of sp³-hybridized carbons (Fsp3) is 0.844. The Bertz CT molecular complexity index is 1290. The highest BCUT2D eigenvalue weighted by atomic mass is 32.2. The van der Waals surface area contributed by atoms with Crippen molar-refractivity contribution in [2.24, 2.45) is 46.3 Å². The molecule has 1 aromatic heterocycles. The zero-order chi connectivity index (χ0) is 29.9. The van der Waals surface area contributed by atoms with Crippen molar-refractivity contribution in [1.29, 1.82) is 0 Å². The minimum absolute atomic E-state index is 0.162. The number of fused-ring (bicyclic) bond motifs is 1. The number of carbonyl (C=O) groups excluding carboxylic acids is 1. The summed E-state index contributed by atoms with van der Waals surface area (Å²) in [5.41, 5.74) is 0.0880. The normalized spacial score (nSPS) is 39.2. The molecule has 9 aliphatic carbocycles. The Kier molecular flexibility index (Phi) is 6.27. The molecule has 0 saturated heterocycles. The van der Waals surface area contributed by atoms with Crippen molar-refractivity contribution >= 4 is 16.0 Å². The molecule has 43 heavy (non-hydrogen) atoms. The molecule has 0 aromatic carbocycles. The van der Waals surface area contributed by atoms with Gasteiger partial charge in [-0.2, -0.15) is 17.2 Å². The summed E-state index contributed by atoms with van der Waals surface area (Å²) in [4.78, 5) is 15.2. The van der Waals surface area contributed by atoms with Gasteiger partial charge in [0.05, 0.1) is 0 Å². The van der Waals surface area contributed by atoms with Crippen LogP contribution >= 0.6 is 0 Å². The van der Waals surface area contributed by atoms with E-state index in [-0.39, 0.29) is 28.6 Å². The van der Waals surface area contributed by atoms with Gasteiger partial charge in [0, 0.05) is 24.2 Å². The molecule has 8 bridgehead atoms. The van der Waals surface area contributed by atoms with Crippen LogP contribution in [0.3, 0.4) is 0 Å². The first-order valence-corrected chi connectivity index (χ1v) is 18.0. The molecular weight excluding hydrogens is 578 g/mol. The van der Waals surface area contributed by atoms with Crippen LogP contribution in [-0.4, -0.2) is 52.5 Å². The molecule has 9 aliphatic rings. The average Bonchev–Trinajstić information content (AvgIpc) is 3.15. The molecule has 238 valence electrons. The molecule has 8 saturated carbocycles. The van der Waals surface area contributed by atoms with E-state index in [1.165, 1.54) is 43.4 Å². The van der Waals surface area contributed by atoms with Gasteiger partial charge in [0.15, 0.2) is 0 Å². The quantitative estimate of drug-likeness (QED) is 0.403. The van der Waals surface area contributed by atoms with Crippen LogP contribution in [-0.2, 0) is 27.8 Å². The van der Waals surface area contributed by atoms with Crippen LogP contribution in [0.25, 0.3) is 0 Å². The second kappa shape index (κ2) is 9.49. The summed E-state index contributed by atoms with van der Waals surface area (Å²) in [5.74, 6) is 0.192. The molecule has 11 heteroatoms. The number of hydrogen-bond donors (Lipinski definition) is 2. The van der Waals surface area contributed by atoms with E-state index in [1.807, 2.05) is 0 Å². The Hall–Kier alpha value is -2.04. The van der Waals surface area contributed by atoms with Crippen LogP contribution in [0.15, 0.2) is 0 Å².